The Balaban J connectivity index is 1.21. The average Bonchev–Trinajstić information content (AvgIpc) is 2.82. The molecular formula is C28H28N2O. The van der Waals surface area contributed by atoms with Crippen LogP contribution in [0, 0.1) is 5.92 Å². The molecule has 2 atom stereocenters. The average molecular weight is 409 g/mol. The molecule has 1 saturated heterocycles. The fourth-order valence-corrected chi connectivity index (χ4v) is 4.63. The quantitative estimate of drug-likeness (QED) is 0.485. The van der Waals surface area contributed by atoms with E-state index >= 15 is 0 Å². The van der Waals surface area contributed by atoms with Crippen molar-refractivity contribution in [2.75, 3.05) is 13.1 Å². The van der Waals surface area contributed by atoms with Gasteiger partial charge in [0.2, 0.25) is 0 Å². The second-order valence-electron chi connectivity index (χ2n) is 8.65. The summed E-state index contributed by atoms with van der Waals surface area (Å²) in [5, 5.41) is 11.9. The zero-order valence-electron chi connectivity index (χ0n) is 17.7. The third-order valence-corrected chi connectivity index (χ3v) is 6.43. The van der Waals surface area contributed by atoms with Gasteiger partial charge >= 0.3 is 0 Å². The van der Waals surface area contributed by atoms with Crippen molar-refractivity contribution < 1.29 is 5.11 Å². The Bertz CT molecular complexity index is 1140. The SMILES string of the molecule is O[C@H]1CN(Cc2ccccc2)CC[C@@H]1Cc1ccc(-c2cnc3ccccc3c2)cc1. The summed E-state index contributed by atoms with van der Waals surface area (Å²) in [7, 11) is 0. The van der Waals surface area contributed by atoms with Crippen LogP contribution in [-0.2, 0) is 13.0 Å². The first-order valence-electron chi connectivity index (χ1n) is 11.1. The zero-order valence-corrected chi connectivity index (χ0v) is 17.7. The third kappa shape index (κ3) is 4.68. The number of aliphatic hydroxyl groups is 1. The van der Waals surface area contributed by atoms with Crippen molar-refractivity contribution in [3.63, 3.8) is 0 Å². The number of rotatable bonds is 5. The molecule has 0 radical (unpaired) electrons. The predicted octanol–water partition coefficient (Wildman–Crippen LogP) is 5.33. The number of hydrogen-bond acceptors (Lipinski definition) is 3. The van der Waals surface area contributed by atoms with Crippen LogP contribution in [-0.4, -0.2) is 34.2 Å². The number of piperidine rings is 1. The molecule has 0 bridgehead atoms. The number of hydrogen-bond donors (Lipinski definition) is 1. The Morgan fingerprint density at radius 2 is 1.61 bits per heavy atom. The number of para-hydroxylation sites is 1. The molecular weight excluding hydrogens is 380 g/mol. The molecule has 0 unspecified atom stereocenters. The van der Waals surface area contributed by atoms with Gasteiger partial charge in [0.15, 0.2) is 0 Å². The minimum atomic E-state index is -0.276. The van der Waals surface area contributed by atoms with E-state index in [0.717, 1.165) is 48.9 Å². The van der Waals surface area contributed by atoms with Crippen molar-refractivity contribution in [3.05, 3.63) is 102 Å². The van der Waals surface area contributed by atoms with Crippen molar-refractivity contribution in [1.82, 2.24) is 9.88 Å². The largest absolute Gasteiger partial charge is 0.391 e. The molecule has 156 valence electrons. The molecule has 3 nitrogen and oxygen atoms in total. The molecule has 2 heterocycles. The summed E-state index contributed by atoms with van der Waals surface area (Å²) in [4.78, 5) is 6.95. The Morgan fingerprint density at radius 1 is 0.839 bits per heavy atom. The van der Waals surface area contributed by atoms with E-state index in [2.05, 4.69) is 70.5 Å². The lowest BCUT2D eigenvalue weighted by atomic mass is 9.87. The lowest BCUT2D eigenvalue weighted by Gasteiger charge is -2.36. The molecule has 0 aliphatic carbocycles. The van der Waals surface area contributed by atoms with Gasteiger partial charge < -0.3 is 5.11 Å². The third-order valence-electron chi connectivity index (χ3n) is 6.43. The van der Waals surface area contributed by atoms with E-state index in [1.165, 1.54) is 16.7 Å². The number of benzene rings is 3. The van der Waals surface area contributed by atoms with Gasteiger partial charge in [0.1, 0.15) is 0 Å². The fourth-order valence-electron chi connectivity index (χ4n) is 4.63. The maximum Gasteiger partial charge on any atom is 0.0702 e. The van der Waals surface area contributed by atoms with E-state index < -0.39 is 0 Å². The van der Waals surface area contributed by atoms with E-state index in [9.17, 15) is 5.11 Å². The summed E-state index contributed by atoms with van der Waals surface area (Å²) in [5.41, 5.74) is 5.94. The van der Waals surface area contributed by atoms with E-state index in [4.69, 9.17) is 0 Å². The predicted molar refractivity (Wildman–Crippen MR) is 127 cm³/mol. The Labute approximate surface area is 184 Å². The van der Waals surface area contributed by atoms with Gasteiger partial charge in [-0.05, 0) is 54.1 Å². The minimum absolute atomic E-state index is 0.276. The lowest BCUT2D eigenvalue weighted by Crippen LogP contribution is -2.44. The van der Waals surface area contributed by atoms with Crippen LogP contribution in [0.3, 0.4) is 0 Å². The van der Waals surface area contributed by atoms with E-state index in [1.54, 1.807) is 0 Å². The highest BCUT2D eigenvalue weighted by molar-refractivity contribution is 5.83. The van der Waals surface area contributed by atoms with Gasteiger partial charge in [-0.1, -0.05) is 72.8 Å². The van der Waals surface area contributed by atoms with E-state index in [-0.39, 0.29) is 6.10 Å². The normalized spacial score (nSPS) is 19.5. The second kappa shape index (κ2) is 9.01. The van der Waals surface area contributed by atoms with Gasteiger partial charge in [-0.25, -0.2) is 0 Å². The number of aromatic nitrogens is 1. The topological polar surface area (TPSA) is 36.4 Å². The lowest BCUT2D eigenvalue weighted by molar-refractivity contribution is 0.0187. The van der Waals surface area contributed by atoms with Crippen molar-refractivity contribution in [2.45, 2.75) is 25.5 Å². The highest BCUT2D eigenvalue weighted by atomic mass is 16.3. The molecule has 3 aromatic carbocycles. The molecule has 0 amide bonds. The molecule has 1 aliphatic heterocycles. The van der Waals surface area contributed by atoms with Crippen molar-refractivity contribution in [1.29, 1.82) is 0 Å². The Kier molecular flexibility index (Phi) is 5.79. The number of nitrogens with zero attached hydrogens (tertiary/aromatic N) is 2. The highest BCUT2D eigenvalue weighted by Crippen LogP contribution is 2.26. The van der Waals surface area contributed by atoms with Gasteiger partial charge in [0.25, 0.3) is 0 Å². The molecule has 3 heteroatoms. The monoisotopic (exact) mass is 408 g/mol. The Hall–Kier alpha value is -3.01. The van der Waals surface area contributed by atoms with Crippen LogP contribution >= 0.6 is 0 Å². The summed E-state index contributed by atoms with van der Waals surface area (Å²) in [6.07, 6.45) is 3.63. The first kappa shape index (κ1) is 19.9. The summed E-state index contributed by atoms with van der Waals surface area (Å²) in [6.45, 7) is 2.71. The summed E-state index contributed by atoms with van der Waals surface area (Å²) in [5.74, 6) is 0.320. The van der Waals surface area contributed by atoms with Crippen LogP contribution in [0.1, 0.15) is 17.5 Å². The first-order valence-corrected chi connectivity index (χ1v) is 11.1. The summed E-state index contributed by atoms with van der Waals surface area (Å²) in [6, 6.07) is 29.7. The molecule has 4 aromatic rings. The molecule has 31 heavy (non-hydrogen) atoms. The summed E-state index contributed by atoms with van der Waals surface area (Å²) >= 11 is 0. The number of aliphatic hydroxyl groups excluding tert-OH is 1. The molecule has 1 fully saturated rings. The van der Waals surface area contributed by atoms with Crippen molar-refractivity contribution >= 4 is 10.9 Å². The number of β-amino-alcohol motifs (C(OH)–C–C–N with tert-alkyl or cyclic N) is 1. The zero-order chi connectivity index (χ0) is 21.0. The van der Waals surface area contributed by atoms with Gasteiger partial charge in [-0.2, -0.15) is 0 Å². The highest BCUT2D eigenvalue weighted by Gasteiger charge is 2.27. The standard InChI is InChI=1S/C28H28N2O/c31-28-20-30(19-22-6-2-1-3-7-22)15-14-25(28)16-21-10-12-23(13-11-21)26-17-24-8-4-5-9-27(24)29-18-26/h1-13,17-18,25,28,31H,14-16,19-20H2/t25-,28+/m1/s1. The number of pyridine rings is 1. The minimum Gasteiger partial charge on any atom is -0.391 e. The molecule has 1 aromatic heterocycles. The molecule has 1 aliphatic rings. The maximum absolute atomic E-state index is 10.8. The van der Waals surface area contributed by atoms with Crippen LogP contribution < -0.4 is 0 Å². The molecule has 1 N–H and O–H groups in total. The fraction of sp³-hybridized carbons (Fsp3) is 0.250. The van der Waals surface area contributed by atoms with Crippen molar-refractivity contribution in [2.24, 2.45) is 5.92 Å². The van der Waals surface area contributed by atoms with Gasteiger partial charge in [-0.15, -0.1) is 0 Å². The number of likely N-dealkylation sites (tertiary alicyclic amines) is 1. The molecule has 5 rings (SSSR count). The van der Waals surface area contributed by atoms with Gasteiger partial charge in [-0.3, -0.25) is 9.88 Å². The first-order chi connectivity index (χ1) is 15.2. The van der Waals surface area contributed by atoms with Crippen LogP contribution in [0.25, 0.3) is 22.0 Å². The van der Waals surface area contributed by atoms with Crippen LogP contribution in [0.5, 0.6) is 0 Å². The maximum atomic E-state index is 10.8. The van der Waals surface area contributed by atoms with Gasteiger partial charge in [0.05, 0.1) is 11.6 Å². The van der Waals surface area contributed by atoms with E-state index in [1.807, 2.05) is 30.5 Å². The van der Waals surface area contributed by atoms with Crippen molar-refractivity contribution in [3.8, 4) is 11.1 Å². The molecule has 0 saturated carbocycles. The van der Waals surface area contributed by atoms with Gasteiger partial charge in [0, 0.05) is 30.2 Å². The van der Waals surface area contributed by atoms with Crippen LogP contribution in [0.4, 0.5) is 0 Å². The summed E-state index contributed by atoms with van der Waals surface area (Å²) < 4.78 is 0. The Morgan fingerprint density at radius 3 is 2.42 bits per heavy atom. The van der Waals surface area contributed by atoms with Crippen LogP contribution in [0.2, 0.25) is 0 Å². The number of fused-ring (bicyclic) bond motifs is 1. The van der Waals surface area contributed by atoms with Crippen LogP contribution in [0.15, 0.2) is 91.1 Å². The smallest absolute Gasteiger partial charge is 0.0702 e. The molecule has 0 spiro atoms. The second-order valence-corrected chi connectivity index (χ2v) is 8.65. The van der Waals surface area contributed by atoms with E-state index in [0.29, 0.717) is 5.92 Å².